The second kappa shape index (κ2) is 7.49. The van der Waals surface area contributed by atoms with Crippen molar-refractivity contribution in [1.82, 2.24) is 10.2 Å². The lowest BCUT2D eigenvalue weighted by molar-refractivity contribution is -0.142. The zero-order valence-corrected chi connectivity index (χ0v) is 15.6. The summed E-state index contributed by atoms with van der Waals surface area (Å²) in [5.74, 6) is -2.64. The summed E-state index contributed by atoms with van der Waals surface area (Å²) in [5, 5.41) is 51.0. The fraction of sp³-hybridized carbons (Fsp3) is 0.556. The van der Waals surface area contributed by atoms with Crippen LogP contribution >= 0.6 is 0 Å². The third-order valence-corrected chi connectivity index (χ3v) is 5.87. The molecule has 1 aliphatic carbocycles. The van der Waals surface area contributed by atoms with Crippen molar-refractivity contribution in [2.45, 2.75) is 42.8 Å². The van der Waals surface area contributed by atoms with Crippen LogP contribution in [0.1, 0.15) is 34.7 Å². The number of nitrogens with zero attached hydrogens (tertiary/aromatic N) is 1. The minimum atomic E-state index is -1.52. The van der Waals surface area contributed by atoms with Crippen LogP contribution in [0, 0.1) is 0 Å². The minimum Gasteiger partial charge on any atom is -0.507 e. The lowest BCUT2D eigenvalue weighted by Gasteiger charge is -2.40. The summed E-state index contributed by atoms with van der Waals surface area (Å²) in [6, 6.07) is 2.57. The Morgan fingerprint density at radius 1 is 1.21 bits per heavy atom. The lowest BCUT2D eigenvalue weighted by atomic mass is 9.81. The first-order chi connectivity index (χ1) is 13.8. The molecule has 6 N–H and O–H groups in total. The van der Waals surface area contributed by atoms with Crippen molar-refractivity contribution in [3.63, 3.8) is 0 Å². The number of aliphatic hydroxyl groups excluding tert-OH is 1. The van der Waals surface area contributed by atoms with Crippen LogP contribution in [0.2, 0.25) is 5.82 Å². The molecule has 2 saturated heterocycles. The van der Waals surface area contributed by atoms with E-state index in [-0.39, 0.29) is 36.2 Å². The van der Waals surface area contributed by atoms with E-state index in [2.05, 4.69) is 5.32 Å². The van der Waals surface area contributed by atoms with E-state index < -0.39 is 42.9 Å². The number of hydrogen-bond donors (Lipinski definition) is 6. The standard InChI is InChI=1S/C18H23BN2O8/c22-8-3-13(20-5-8)17(24)21-6-9(7-21)29-14-2-1-10(11-4-12(11)19(27)28)16(23)15(14)18(25)26/h1-2,8-9,11-13,20,22-23,27-28H,3-7H2,(H,25,26)/t8?,11?,12?,13-/m0/s1. The molecule has 11 heteroatoms. The van der Waals surface area contributed by atoms with E-state index in [9.17, 15) is 35.0 Å². The average molecular weight is 406 g/mol. The molecule has 3 aliphatic rings. The normalized spacial score (nSPS) is 28.7. The van der Waals surface area contributed by atoms with E-state index in [0.29, 0.717) is 24.9 Å². The van der Waals surface area contributed by atoms with Gasteiger partial charge in [0.1, 0.15) is 23.2 Å². The minimum absolute atomic E-state index is 0.00649. The highest BCUT2D eigenvalue weighted by atomic mass is 16.5. The summed E-state index contributed by atoms with van der Waals surface area (Å²) in [6.07, 6.45) is -0.116. The van der Waals surface area contributed by atoms with Crippen molar-refractivity contribution < 1.29 is 39.7 Å². The van der Waals surface area contributed by atoms with Crippen molar-refractivity contribution in [2.75, 3.05) is 19.6 Å². The van der Waals surface area contributed by atoms with Gasteiger partial charge in [-0.3, -0.25) is 4.79 Å². The number of carboxylic acids is 1. The number of aliphatic hydroxyl groups is 1. The maximum Gasteiger partial charge on any atom is 0.455 e. The molecule has 3 unspecified atom stereocenters. The summed E-state index contributed by atoms with van der Waals surface area (Å²) < 4.78 is 5.71. The molecule has 1 aromatic carbocycles. The maximum absolute atomic E-state index is 12.3. The Labute approximate surface area is 166 Å². The predicted molar refractivity (Wildman–Crippen MR) is 99.8 cm³/mol. The van der Waals surface area contributed by atoms with Gasteiger partial charge < -0.3 is 40.3 Å². The number of carbonyl (C=O) groups is 2. The molecule has 156 valence electrons. The molecule has 1 saturated carbocycles. The van der Waals surface area contributed by atoms with Gasteiger partial charge in [0.2, 0.25) is 5.91 Å². The van der Waals surface area contributed by atoms with Gasteiger partial charge in [-0.05, 0) is 30.4 Å². The molecular formula is C18H23BN2O8. The van der Waals surface area contributed by atoms with Gasteiger partial charge >= 0.3 is 13.1 Å². The number of phenols is 1. The third-order valence-electron chi connectivity index (χ3n) is 5.87. The van der Waals surface area contributed by atoms with E-state index in [1.165, 1.54) is 12.1 Å². The molecule has 1 aromatic rings. The van der Waals surface area contributed by atoms with Crippen molar-refractivity contribution >= 4 is 19.0 Å². The molecule has 29 heavy (non-hydrogen) atoms. The van der Waals surface area contributed by atoms with Crippen molar-refractivity contribution in [2.24, 2.45) is 0 Å². The number of benzene rings is 1. The van der Waals surface area contributed by atoms with Gasteiger partial charge in [0.05, 0.1) is 25.2 Å². The van der Waals surface area contributed by atoms with Gasteiger partial charge in [0.15, 0.2) is 0 Å². The van der Waals surface area contributed by atoms with E-state index >= 15 is 0 Å². The predicted octanol–water partition coefficient (Wildman–Crippen LogP) is -1.27. The van der Waals surface area contributed by atoms with Gasteiger partial charge in [-0.1, -0.05) is 6.07 Å². The zero-order chi connectivity index (χ0) is 20.9. The SMILES string of the molecule is O=C(O)c1c(OC2CN(C(=O)[C@@H]3CC(O)CN3)C2)ccc(C2CC2B(O)O)c1O. The third kappa shape index (κ3) is 3.78. The summed E-state index contributed by atoms with van der Waals surface area (Å²) in [6.45, 7) is 0.957. The Hall–Kier alpha value is -2.34. The summed E-state index contributed by atoms with van der Waals surface area (Å²) in [7, 11) is -1.52. The van der Waals surface area contributed by atoms with E-state index in [1.54, 1.807) is 4.90 Å². The Balaban J connectivity index is 1.41. The fourth-order valence-electron chi connectivity index (χ4n) is 4.09. The molecule has 10 nitrogen and oxygen atoms in total. The zero-order valence-electron chi connectivity index (χ0n) is 15.6. The first-order valence-corrected chi connectivity index (χ1v) is 9.58. The molecule has 0 aromatic heterocycles. The second-order valence-corrected chi connectivity index (χ2v) is 7.93. The van der Waals surface area contributed by atoms with Crippen molar-refractivity contribution in [3.05, 3.63) is 23.3 Å². The van der Waals surface area contributed by atoms with Crippen LogP contribution in [0.3, 0.4) is 0 Å². The largest absolute Gasteiger partial charge is 0.507 e. The monoisotopic (exact) mass is 406 g/mol. The van der Waals surface area contributed by atoms with Crippen molar-refractivity contribution in [3.8, 4) is 11.5 Å². The molecule has 1 amide bonds. The highest BCUT2D eigenvalue weighted by Gasteiger charge is 2.48. The summed E-state index contributed by atoms with van der Waals surface area (Å²) in [5.41, 5.74) is -0.0185. The van der Waals surface area contributed by atoms with E-state index in [0.717, 1.165) is 0 Å². The smallest absolute Gasteiger partial charge is 0.455 e. The van der Waals surface area contributed by atoms with Crippen LogP contribution in [0.4, 0.5) is 0 Å². The maximum atomic E-state index is 12.3. The lowest BCUT2D eigenvalue weighted by Crippen LogP contribution is -2.59. The number of ether oxygens (including phenoxy) is 1. The van der Waals surface area contributed by atoms with Gasteiger partial charge in [-0.25, -0.2) is 4.79 Å². The molecule has 0 bridgehead atoms. The highest BCUT2D eigenvalue weighted by Crippen LogP contribution is 2.56. The van der Waals surface area contributed by atoms with Gasteiger partial charge in [0.25, 0.3) is 0 Å². The highest BCUT2D eigenvalue weighted by molar-refractivity contribution is 6.44. The fourth-order valence-corrected chi connectivity index (χ4v) is 4.09. The number of aromatic carboxylic acids is 1. The van der Waals surface area contributed by atoms with Crippen LogP contribution in [0.15, 0.2) is 12.1 Å². The van der Waals surface area contributed by atoms with Gasteiger partial charge in [0, 0.05) is 12.4 Å². The Bertz CT molecular complexity index is 828. The average Bonchev–Trinajstić information content (AvgIpc) is 3.30. The Morgan fingerprint density at radius 2 is 1.93 bits per heavy atom. The molecule has 3 fully saturated rings. The molecule has 0 radical (unpaired) electrons. The number of carboxylic acid groups (broad SMARTS) is 1. The van der Waals surface area contributed by atoms with Gasteiger partial charge in [-0.2, -0.15) is 0 Å². The van der Waals surface area contributed by atoms with E-state index in [1.807, 2.05) is 0 Å². The number of carbonyl (C=O) groups excluding carboxylic acids is 1. The van der Waals surface area contributed by atoms with Crippen LogP contribution in [-0.2, 0) is 4.79 Å². The molecular weight excluding hydrogens is 383 g/mol. The first kappa shape index (κ1) is 20.0. The number of aromatic hydroxyl groups is 1. The summed E-state index contributed by atoms with van der Waals surface area (Å²) >= 11 is 0. The van der Waals surface area contributed by atoms with Crippen LogP contribution in [-0.4, -0.2) is 87.1 Å². The van der Waals surface area contributed by atoms with Gasteiger partial charge in [-0.15, -0.1) is 0 Å². The topological polar surface area (TPSA) is 160 Å². The van der Waals surface area contributed by atoms with Crippen LogP contribution in [0.5, 0.6) is 11.5 Å². The Kier molecular flexibility index (Phi) is 5.15. The number of β-amino-alcohol motifs (C(OH)–C–C–N with tert-alkyl or cyclic N) is 1. The molecule has 2 aliphatic heterocycles. The second-order valence-electron chi connectivity index (χ2n) is 7.93. The molecule has 0 spiro atoms. The number of nitrogens with one attached hydrogen (secondary N) is 1. The molecule has 4 rings (SSSR count). The first-order valence-electron chi connectivity index (χ1n) is 9.58. The number of rotatable bonds is 6. The van der Waals surface area contributed by atoms with Crippen LogP contribution < -0.4 is 10.1 Å². The Morgan fingerprint density at radius 3 is 2.48 bits per heavy atom. The number of amides is 1. The number of hydrogen-bond acceptors (Lipinski definition) is 8. The van der Waals surface area contributed by atoms with E-state index in [4.69, 9.17) is 4.74 Å². The van der Waals surface area contributed by atoms with Crippen molar-refractivity contribution in [1.29, 1.82) is 0 Å². The number of likely N-dealkylation sites (tertiary alicyclic amines) is 1. The molecule has 2 heterocycles. The molecule has 4 atom stereocenters. The quantitative estimate of drug-likeness (QED) is 0.317. The van der Waals surface area contributed by atoms with Crippen LogP contribution in [0.25, 0.3) is 0 Å². The summed E-state index contributed by atoms with van der Waals surface area (Å²) in [4.78, 5) is 25.6.